The molecule has 11 nitrogen and oxygen atoms in total. The Kier molecular flexibility index (Phi) is 5.96. The van der Waals surface area contributed by atoms with E-state index < -0.39 is 0 Å². The van der Waals surface area contributed by atoms with Crippen LogP contribution in [0.15, 0.2) is 35.4 Å². The van der Waals surface area contributed by atoms with Crippen LogP contribution in [0.4, 0.5) is 17.3 Å². The van der Waals surface area contributed by atoms with Gasteiger partial charge in [-0.05, 0) is 37.8 Å². The number of fused-ring (bicyclic) bond motifs is 1. The number of aromatic nitrogens is 4. The number of hydrogen-bond acceptors (Lipinski definition) is 8. The van der Waals surface area contributed by atoms with E-state index in [2.05, 4.69) is 26.0 Å². The normalized spacial score (nSPS) is 16.4. The molecular weight excluding hydrogens is 438 g/mol. The van der Waals surface area contributed by atoms with Crippen LogP contribution in [-0.4, -0.2) is 63.1 Å². The van der Waals surface area contributed by atoms with Crippen LogP contribution in [-0.2, 0) is 11.3 Å². The number of nitrogens with one attached hydrogen (secondary N) is 3. The van der Waals surface area contributed by atoms with Crippen LogP contribution in [0.1, 0.15) is 36.0 Å². The Bertz CT molecular complexity index is 1260. The number of hydrogen-bond donors (Lipinski definition) is 4. The summed E-state index contributed by atoms with van der Waals surface area (Å²) >= 11 is 0. The Morgan fingerprint density at radius 2 is 2.18 bits per heavy atom. The summed E-state index contributed by atoms with van der Waals surface area (Å²) in [6.45, 7) is 1.43. The molecule has 2 aliphatic carbocycles. The maximum Gasteiger partial charge on any atom is 0.274 e. The van der Waals surface area contributed by atoms with Crippen LogP contribution >= 0.6 is 0 Å². The van der Waals surface area contributed by atoms with E-state index in [-0.39, 0.29) is 23.5 Å². The molecule has 1 amide bonds. The number of amides is 1. The number of pyridine rings is 1. The van der Waals surface area contributed by atoms with Crippen molar-refractivity contribution >= 4 is 28.9 Å². The summed E-state index contributed by atoms with van der Waals surface area (Å²) in [6, 6.07) is 5.21. The highest BCUT2D eigenvalue weighted by Crippen LogP contribution is 2.44. The Morgan fingerprint density at radius 3 is 2.88 bits per heavy atom. The molecule has 0 aromatic carbocycles. The van der Waals surface area contributed by atoms with E-state index in [1.807, 2.05) is 0 Å². The first kappa shape index (κ1) is 22.4. The predicted molar refractivity (Wildman–Crippen MR) is 127 cm³/mol. The lowest BCUT2D eigenvalue weighted by atomic mass is 10.1. The number of aliphatic hydroxyl groups is 1. The predicted octanol–water partition coefficient (Wildman–Crippen LogP) is 1.36. The molecule has 180 valence electrons. The van der Waals surface area contributed by atoms with E-state index in [9.17, 15) is 14.7 Å². The quantitative estimate of drug-likeness (QED) is 0.332. The summed E-state index contributed by atoms with van der Waals surface area (Å²) in [5.41, 5.74) is 0.661. The number of nitrogens with zero attached hydrogens (tertiary/aromatic N) is 4. The van der Waals surface area contributed by atoms with Crippen LogP contribution in [0.2, 0.25) is 0 Å². The molecule has 2 aliphatic rings. The summed E-state index contributed by atoms with van der Waals surface area (Å²) in [6.07, 6.45) is 7.53. The second-order valence-corrected chi connectivity index (χ2v) is 9.03. The smallest absolute Gasteiger partial charge is 0.274 e. The van der Waals surface area contributed by atoms with Crippen molar-refractivity contribution in [2.45, 2.75) is 38.3 Å². The molecule has 0 unspecified atom stereocenters. The van der Waals surface area contributed by atoms with E-state index in [0.717, 1.165) is 25.7 Å². The number of ether oxygens (including phenoxy) is 1. The second kappa shape index (κ2) is 9.07. The molecule has 0 atom stereocenters. The molecule has 0 bridgehead atoms. The zero-order chi connectivity index (χ0) is 23.7. The van der Waals surface area contributed by atoms with E-state index in [1.54, 1.807) is 36.0 Å². The molecule has 0 radical (unpaired) electrons. The average molecular weight is 468 g/mol. The number of rotatable bonds is 11. The van der Waals surface area contributed by atoms with Crippen LogP contribution < -0.4 is 21.5 Å². The molecule has 5 rings (SSSR count). The standard InChI is InChI=1S/C23H29N7O4/c1-24-19-11-18(27-17-3-2-8-29(22(17)33)9-10-34-15-4-5-15)28-20-16(12-26-30(19)20)21(32)25-13-23(14-31)6-7-23/h2-3,8,11-12,15,24,31H,4-7,9-10,13-14H2,1H3,(H,25,32)(H,27,28). The molecular formula is C23H29N7O4. The lowest BCUT2D eigenvalue weighted by Gasteiger charge is -2.13. The van der Waals surface area contributed by atoms with Gasteiger partial charge in [-0.25, -0.2) is 4.98 Å². The lowest BCUT2D eigenvalue weighted by Crippen LogP contribution is -2.31. The fourth-order valence-electron chi connectivity index (χ4n) is 3.79. The highest BCUT2D eigenvalue weighted by molar-refractivity contribution is 6.00. The van der Waals surface area contributed by atoms with Crippen molar-refractivity contribution in [2.24, 2.45) is 5.41 Å². The Labute approximate surface area is 196 Å². The molecule has 11 heteroatoms. The largest absolute Gasteiger partial charge is 0.396 e. The minimum atomic E-state index is -0.306. The third-order valence-corrected chi connectivity index (χ3v) is 6.38. The van der Waals surface area contributed by atoms with Gasteiger partial charge in [-0.3, -0.25) is 9.59 Å². The number of carbonyl (C=O) groups is 1. The first-order valence-electron chi connectivity index (χ1n) is 11.6. The molecule has 0 saturated heterocycles. The molecule has 3 heterocycles. The average Bonchev–Trinajstić information content (AvgIpc) is 3.77. The number of aliphatic hydroxyl groups excluding tert-OH is 1. The zero-order valence-electron chi connectivity index (χ0n) is 19.1. The van der Waals surface area contributed by atoms with E-state index in [0.29, 0.717) is 54.3 Å². The van der Waals surface area contributed by atoms with Gasteiger partial charge in [-0.15, -0.1) is 0 Å². The van der Waals surface area contributed by atoms with E-state index in [4.69, 9.17) is 4.74 Å². The van der Waals surface area contributed by atoms with Gasteiger partial charge in [0.1, 0.15) is 22.9 Å². The maximum absolute atomic E-state index is 12.9. The van der Waals surface area contributed by atoms with Gasteiger partial charge in [-0.1, -0.05) is 0 Å². The van der Waals surface area contributed by atoms with Crippen molar-refractivity contribution in [1.29, 1.82) is 0 Å². The van der Waals surface area contributed by atoms with Gasteiger partial charge in [0, 0.05) is 37.8 Å². The van der Waals surface area contributed by atoms with Crippen molar-refractivity contribution in [1.82, 2.24) is 24.5 Å². The Hall–Kier alpha value is -3.44. The SMILES string of the molecule is CNc1cc(Nc2cccn(CCOC3CC3)c2=O)nc2c(C(=O)NCC3(CO)CC3)cnn12. The van der Waals surface area contributed by atoms with Gasteiger partial charge in [-0.2, -0.15) is 9.61 Å². The minimum Gasteiger partial charge on any atom is -0.396 e. The van der Waals surface area contributed by atoms with E-state index in [1.165, 1.54) is 10.7 Å². The molecule has 34 heavy (non-hydrogen) atoms. The summed E-state index contributed by atoms with van der Waals surface area (Å²) < 4.78 is 8.81. The third kappa shape index (κ3) is 4.62. The molecule has 0 spiro atoms. The van der Waals surface area contributed by atoms with Crippen LogP contribution in [0, 0.1) is 5.41 Å². The van der Waals surface area contributed by atoms with Gasteiger partial charge in [0.2, 0.25) is 0 Å². The van der Waals surface area contributed by atoms with Gasteiger partial charge in [0.05, 0.1) is 25.5 Å². The fraction of sp³-hybridized carbons (Fsp3) is 0.478. The van der Waals surface area contributed by atoms with Crippen molar-refractivity contribution in [3.63, 3.8) is 0 Å². The zero-order valence-corrected chi connectivity index (χ0v) is 19.1. The summed E-state index contributed by atoms with van der Waals surface area (Å²) in [7, 11) is 1.74. The van der Waals surface area contributed by atoms with Crippen molar-refractivity contribution in [2.75, 3.05) is 37.4 Å². The number of anilines is 3. The molecule has 3 aromatic rings. The summed E-state index contributed by atoms with van der Waals surface area (Å²) in [5.74, 6) is 0.707. The maximum atomic E-state index is 12.9. The van der Waals surface area contributed by atoms with Crippen LogP contribution in [0.3, 0.4) is 0 Å². The molecule has 2 saturated carbocycles. The number of carbonyl (C=O) groups excluding carboxylic acids is 1. The fourth-order valence-corrected chi connectivity index (χ4v) is 3.79. The lowest BCUT2D eigenvalue weighted by molar-refractivity contribution is 0.0936. The van der Waals surface area contributed by atoms with Crippen molar-refractivity contribution in [3.8, 4) is 0 Å². The minimum absolute atomic E-state index is 0.0551. The van der Waals surface area contributed by atoms with Crippen molar-refractivity contribution in [3.05, 3.63) is 46.5 Å². The molecule has 4 N–H and O–H groups in total. The topological polar surface area (TPSA) is 135 Å². The Balaban J connectivity index is 1.37. The van der Waals surface area contributed by atoms with E-state index >= 15 is 0 Å². The highest BCUT2D eigenvalue weighted by atomic mass is 16.5. The first-order chi connectivity index (χ1) is 16.5. The van der Waals surface area contributed by atoms with Gasteiger partial charge >= 0.3 is 0 Å². The van der Waals surface area contributed by atoms with Crippen LogP contribution in [0.5, 0.6) is 0 Å². The highest BCUT2D eigenvalue weighted by Gasteiger charge is 2.42. The molecule has 0 aliphatic heterocycles. The summed E-state index contributed by atoms with van der Waals surface area (Å²) in [4.78, 5) is 30.3. The molecule has 3 aromatic heterocycles. The third-order valence-electron chi connectivity index (χ3n) is 6.38. The van der Waals surface area contributed by atoms with Gasteiger partial charge in [0.25, 0.3) is 11.5 Å². The second-order valence-electron chi connectivity index (χ2n) is 9.03. The first-order valence-corrected chi connectivity index (χ1v) is 11.6. The van der Waals surface area contributed by atoms with Gasteiger partial charge < -0.3 is 30.4 Å². The monoisotopic (exact) mass is 467 g/mol. The van der Waals surface area contributed by atoms with Crippen LogP contribution in [0.25, 0.3) is 5.65 Å². The molecule has 2 fully saturated rings. The summed E-state index contributed by atoms with van der Waals surface area (Å²) in [5, 5.41) is 22.8. The van der Waals surface area contributed by atoms with Gasteiger partial charge in [0.15, 0.2) is 5.65 Å². The van der Waals surface area contributed by atoms with Crippen molar-refractivity contribution < 1.29 is 14.6 Å². The Morgan fingerprint density at radius 1 is 1.35 bits per heavy atom.